The molecule has 0 aliphatic carbocycles. The second kappa shape index (κ2) is 4.03. The van der Waals surface area contributed by atoms with Crippen molar-refractivity contribution in [1.29, 1.82) is 0 Å². The summed E-state index contributed by atoms with van der Waals surface area (Å²) in [7, 11) is 1.60. The molecule has 1 aromatic rings. The highest BCUT2D eigenvalue weighted by atomic mass is 19.1. The van der Waals surface area contributed by atoms with Crippen LogP contribution in [0.1, 0.15) is 12.5 Å². The van der Waals surface area contributed by atoms with Crippen molar-refractivity contribution in [3.63, 3.8) is 0 Å². The summed E-state index contributed by atoms with van der Waals surface area (Å²) in [4.78, 5) is 3.79. The molecule has 0 N–H and O–H groups in total. The van der Waals surface area contributed by atoms with E-state index in [4.69, 9.17) is 4.74 Å². The van der Waals surface area contributed by atoms with E-state index in [0.717, 1.165) is 5.56 Å². The number of nitrogens with zero attached hydrogens (tertiary/aromatic N) is 1. The Morgan fingerprint density at radius 2 is 2.15 bits per heavy atom. The van der Waals surface area contributed by atoms with Gasteiger partial charge in [0.15, 0.2) is 17.5 Å². The highest BCUT2D eigenvalue weighted by Gasteiger charge is 2.06. The molecule has 0 saturated carbocycles. The monoisotopic (exact) mass is 181 g/mol. The van der Waals surface area contributed by atoms with E-state index in [2.05, 4.69) is 4.99 Å². The Morgan fingerprint density at radius 3 is 2.69 bits per heavy atom. The minimum Gasteiger partial charge on any atom is -0.440 e. The predicted octanol–water partition coefficient (Wildman–Crippen LogP) is 2.56. The summed E-state index contributed by atoms with van der Waals surface area (Å²) >= 11 is 0. The predicted molar refractivity (Wildman–Crippen MR) is 50.8 cm³/mol. The van der Waals surface area contributed by atoms with Gasteiger partial charge in [0, 0.05) is 14.0 Å². The molecule has 0 radical (unpaired) electrons. The first kappa shape index (κ1) is 9.71. The van der Waals surface area contributed by atoms with E-state index in [1.165, 1.54) is 6.07 Å². The Bertz CT molecular complexity index is 313. The van der Waals surface area contributed by atoms with Crippen molar-refractivity contribution < 1.29 is 9.13 Å². The quantitative estimate of drug-likeness (QED) is 0.482. The van der Waals surface area contributed by atoms with Gasteiger partial charge in [-0.05, 0) is 18.6 Å². The first-order valence-corrected chi connectivity index (χ1v) is 4.01. The third kappa shape index (κ3) is 2.28. The molecule has 70 valence electrons. The van der Waals surface area contributed by atoms with Gasteiger partial charge in [0.25, 0.3) is 0 Å². The normalized spacial score (nSPS) is 11.5. The lowest BCUT2D eigenvalue weighted by Gasteiger charge is -2.07. The SMILES string of the molecule is C/N=C(\C)Oc1c(C)cccc1F. The van der Waals surface area contributed by atoms with Crippen LogP contribution in [0.5, 0.6) is 5.75 Å². The van der Waals surface area contributed by atoms with Crippen LogP contribution in [0.15, 0.2) is 23.2 Å². The van der Waals surface area contributed by atoms with Crippen LogP contribution in [-0.4, -0.2) is 12.9 Å². The van der Waals surface area contributed by atoms with Gasteiger partial charge in [-0.15, -0.1) is 0 Å². The van der Waals surface area contributed by atoms with Gasteiger partial charge in [-0.25, -0.2) is 4.39 Å². The lowest BCUT2D eigenvalue weighted by molar-refractivity contribution is 0.484. The van der Waals surface area contributed by atoms with E-state index in [9.17, 15) is 4.39 Å². The molecular formula is C10H12FNO. The van der Waals surface area contributed by atoms with Crippen molar-refractivity contribution in [2.24, 2.45) is 4.99 Å². The van der Waals surface area contributed by atoms with Crippen LogP contribution in [-0.2, 0) is 0 Å². The number of benzene rings is 1. The lowest BCUT2D eigenvalue weighted by Crippen LogP contribution is -2.05. The van der Waals surface area contributed by atoms with Gasteiger partial charge in [-0.1, -0.05) is 12.1 Å². The first-order chi connectivity index (χ1) is 6.15. The van der Waals surface area contributed by atoms with Gasteiger partial charge >= 0.3 is 0 Å². The van der Waals surface area contributed by atoms with Crippen LogP contribution in [0.3, 0.4) is 0 Å². The smallest absolute Gasteiger partial charge is 0.186 e. The maximum Gasteiger partial charge on any atom is 0.186 e. The molecule has 0 amide bonds. The number of aliphatic imine (C=N–C) groups is 1. The van der Waals surface area contributed by atoms with Gasteiger partial charge in [0.1, 0.15) is 0 Å². The molecule has 0 spiro atoms. The largest absolute Gasteiger partial charge is 0.440 e. The Hall–Kier alpha value is -1.38. The Kier molecular flexibility index (Phi) is 3.01. The summed E-state index contributed by atoms with van der Waals surface area (Å²) in [6.45, 7) is 3.48. The molecule has 3 heteroatoms. The number of halogens is 1. The van der Waals surface area contributed by atoms with Crippen molar-refractivity contribution in [3.05, 3.63) is 29.6 Å². The highest BCUT2D eigenvalue weighted by Crippen LogP contribution is 2.21. The van der Waals surface area contributed by atoms with Crippen LogP contribution in [0, 0.1) is 12.7 Å². The van der Waals surface area contributed by atoms with Crippen LogP contribution in [0.25, 0.3) is 0 Å². The Morgan fingerprint density at radius 1 is 1.46 bits per heavy atom. The molecule has 0 saturated heterocycles. The summed E-state index contributed by atoms with van der Waals surface area (Å²) in [6, 6.07) is 4.81. The van der Waals surface area contributed by atoms with E-state index in [1.807, 2.05) is 0 Å². The molecule has 0 bridgehead atoms. The van der Waals surface area contributed by atoms with Gasteiger partial charge in [-0.2, -0.15) is 0 Å². The van der Waals surface area contributed by atoms with Crippen molar-refractivity contribution in [2.45, 2.75) is 13.8 Å². The fourth-order valence-electron chi connectivity index (χ4n) is 0.939. The number of aryl methyl sites for hydroxylation is 1. The maximum absolute atomic E-state index is 13.2. The van der Waals surface area contributed by atoms with Gasteiger partial charge < -0.3 is 4.74 Å². The standard InChI is InChI=1S/C10H12FNO/c1-7-5-4-6-9(11)10(7)13-8(2)12-3/h4-6H,1-3H3/b12-8+. The number of hydrogen-bond donors (Lipinski definition) is 0. The minimum atomic E-state index is -0.358. The van der Waals surface area contributed by atoms with Gasteiger partial charge in [0.2, 0.25) is 0 Å². The highest BCUT2D eigenvalue weighted by molar-refractivity contribution is 5.76. The summed E-state index contributed by atoms with van der Waals surface area (Å²) < 4.78 is 18.4. The molecule has 1 aromatic carbocycles. The van der Waals surface area contributed by atoms with Crippen LogP contribution in [0.4, 0.5) is 4.39 Å². The molecule has 1 rings (SSSR count). The minimum absolute atomic E-state index is 0.255. The molecule has 0 heterocycles. The van der Waals surface area contributed by atoms with E-state index in [-0.39, 0.29) is 11.6 Å². The van der Waals surface area contributed by atoms with Crippen molar-refractivity contribution in [1.82, 2.24) is 0 Å². The van der Waals surface area contributed by atoms with E-state index < -0.39 is 0 Å². The summed E-state index contributed by atoms with van der Waals surface area (Å²) in [5, 5.41) is 0. The maximum atomic E-state index is 13.2. The van der Waals surface area contributed by atoms with E-state index >= 15 is 0 Å². The van der Waals surface area contributed by atoms with E-state index in [1.54, 1.807) is 33.0 Å². The van der Waals surface area contributed by atoms with Crippen LogP contribution < -0.4 is 4.74 Å². The number of hydrogen-bond acceptors (Lipinski definition) is 2. The molecule has 0 aliphatic rings. The zero-order valence-electron chi connectivity index (χ0n) is 7.97. The topological polar surface area (TPSA) is 21.6 Å². The molecule has 0 aromatic heterocycles. The third-order valence-corrected chi connectivity index (χ3v) is 1.73. The van der Waals surface area contributed by atoms with Gasteiger partial charge in [0.05, 0.1) is 0 Å². The number of para-hydroxylation sites is 1. The molecule has 0 atom stereocenters. The summed E-state index contributed by atoms with van der Waals surface area (Å²) in [6.07, 6.45) is 0. The van der Waals surface area contributed by atoms with Gasteiger partial charge in [-0.3, -0.25) is 4.99 Å². The zero-order chi connectivity index (χ0) is 9.84. The summed E-state index contributed by atoms with van der Waals surface area (Å²) in [5.74, 6) is 0.349. The van der Waals surface area contributed by atoms with Crippen molar-refractivity contribution >= 4 is 5.90 Å². The second-order valence-electron chi connectivity index (χ2n) is 2.73. The Labute approximate surface area is 77.1 Å². The second-order valence-corrected chi connectivity index (χ2v) is 2.73. The van der Waals surface area contributed by atoms with Crippen LogP contribution >= 0.6 is 0 Å². The number of ether oxygens (including phenoxy) is 1. The number of rotatable bonds is 1. The van der Waals surface area contributed by atoms with Crippen molar-refractivity contribution in [2.75, 3.05) is 7.05 Å². The molecular weight excluding hydrogens is 169 g/mol. The molecule has 0 fully saturated rings. The zero-order valence-corrected chi connectivity index (χ0v) is 7.97. The van der Waals surface area contributed by atoms with E-state index in [0.29, 0.717) is 5.90 Å². The molecule has 0 unspecified atom stereocenters. The lowest BCUT2D eigenvalue weighted by atomic mass is 10.2. The average Bonchev–Trinajstić information content (AvgIpc) is 2.11. The third-order valence-electron chi connectivity index (χ3n) is 1.73. The average molecular weight is 181 g/mol. The first-order valence-electron chi connectivity index (χ1n) is 4.01. The molecule has 13 heavy (non-hydrogen) atoms. The summed E-state index contributed by atoms with van der Waals surface area (Å²) in [5.41, 5.74) is 0.767. The fraction of sp³-hybridized carbons (Fsp3) is 0.300. The molecule has 2 nitrogen and oxygen atoms in total. The van der Waals surface area contributed by atoms with Crippen molar-refractivity contribution in [3.8, 4) is 5.75 Å². The fourth-order valence-corrected chi connectivity index (χ4v) is 0.939. The van der Waals surface area contributed by atoms with Crippen LogP contribution in [0.2, 0.25) is 0 Å². The molecule has 0 aliphatic heterocycles. The Balaban J connectivity index is 3.00.